The number of benzene rings is 2. The highest BCUT2D eigenvalue weighted by Crippen LogP contribution is 2.31. The lowest BCUT2D eigenvalue weighted by molar-refractivity contribution is 0.0789. The number of halogens is 1. The molecule has 0 aliphatic carbocycles. The molecule has 38 heavy (non-hydrogen) atoms. The number of carbonyl (C=O) groups excluding carboxylic acids is 1. The minimum Gasteiger partial charge on any atom is -0.366 e. The van der Waals surface area contributed by atoms with Gasteiger partial charge in [-0.05, 0) is 61.5 Å². The van der Waals surface area contributed by atoms with E-state index in [1.807, 2.05) is 50.1 Å². The molecule has 4 heterocycles. The van der Waals surface area contributed by atoms with Crippen LogP contribution >= 0.6 is 0 Å². The molecule has 2 aliphatic heterocycles. The maximum absolute atomic E-state index is 14.7. The molecule has 190 valence electrons. The summed E-state index contributed by atoms with van der Waals surface area (Å²) in [7, 11) is 3.88. The van der Waals surface area contributed by atoms with Crippen LogP contribution in [0.2, 0.25) is 0 Å². The number of amides is 1. The van der Waals surface area contributed by atoms with Crippen molar-refractivity contribution in [3.05, 3.63) is 89.0 Å². The number of aromatic nitrogens is 3. The summed E-state index contributed by atoms with van der Waals surface area (Å²) >= 11 is 0. The van der Waals surface area contributed by atoms with Crippen molar-refractivity contribution >= 4 is 36.7 Å². The van der Waals surface area contributed by atoms with E-state index in [0.717, 1.165) is 53.3 Å². The number of nitrogens with one attached hydrogen (secondary N) is 3. The monoisotopic (exact) mass is 507 g/mol. The zero-order valence-electron chi connectivity index (χ0n) is 21.3. The Morgan fingerprint density at radius 2 is 1.97 bits per heavy atom. The maximum atomic E-state index is 14.7. The summed E-state index contributed by atoms with van der Waals surface area (Å²) in [6, 6.07) is 16.4. The van der Waals surface area contributed by atoms with E-state index in [2.05, 4.69) is 20.6 Å². The molecule has 4 aromatic rings. The summed E-state index contributed by atoms with van der Waals surface area (Å²) in [5, 5.41) is 6.49. The number of aromatic amines is 1. The second-order valence-electron chi connectivity index (χ2n) is 9.68. The molecule has 1 unspecified atom stereocenters. The van der Waals surface area contributed by atoms with Gasteiger partial charge in [-0.3, -0.25) is 9.79 Å². The minimum absolute atomic E-state index is 0.0385. The van der Waals surface area contributed by atoms with Crippen LogP contribution in [0.3, 0.4) is 0 Å². The molecule has 10 heteroatoms. The third kappa shape index (κ3) is 4.47. The Hall–Kier alpha value is -4.31. The smallest absolute Gasteiger partial charge is 0.253 e. The number of aliphatic imine (C=N–C) groups is 1. The fourth-order valence-corrected chi connectivity index (χ4v) is 5.08. The van der Waals surface area contributed by atoms with E-state index in [0.29, 0.717) is 35.4 Å². The molecule has 3 N–H and O–H groups in total. The lowest BCUT2D eigenvalue weighted by Crippen LogP contribution is -2.33. The first kappa shape index (κ1) is 24.1. The Morgan fingerprint density at radius 1 is 1.16 bits per heavy atom. The number of rotatable bonds is 5. The zero-order chi connectivity index (χ0) is 26.2. The number of hydrogen-bond donors (Lipinski definition) is 3. The van der Waals surface area contributed by atoms with Crippen molar-refractivity contribution < 1.29 is 9.18 Å². The second-order valence-corrected chi connectivity index (χ2v) is 9.68. The number of nitrogens with zero attached hydrogens (tertiary/aromatic N) is 4. The summed E-state index contributed by atoms with van der Waals surface area (Å²) in [4.78, 5) is 32.2. The number of likely N-dealkylation sites (N-methyl/N-ethyl adjacent to an activating group) is 1. The van der Waals surface area contributed by atoms with E-state index < -0.39 is 0 Å². The number of anilines is 2. The van der Waals surface area contributed by atoms with Crippen molar-refractivity contribution in [2.24, 2.45) is 4.99 Å². The predicted molar refractivity (Wildman–Crippen MR) is 149 cm³/mol. The summed E-state index contributed by atoms with van der Waals surface area (Å²) in [6.07, 6.45) is 2.72. The molecule has 0 spiro atoms. The average molecular weight is 507 g/mol. The Bertz CT molecular complexity index is 1550. The first-order chi connectivity index (χ1) is 18.5. The zero-order valence-corrected chi connectivity index (χ0v) is 21.3. The van der Waals surface area contributed by atoms with Crippen LogP contribution in [0.1, 0.15) is 33.6 Å². The normalized spacial score (nSPS) is 16.4. The topological polar surface area (TPSA) is 98.3 Å². The van der Waals surface area contributed by atoms with Crippen LogP contribution in [-0.4, -0.2) is 65.5 Å². The first-order valence-electron chi connectivity index (χ1n) is 12.7. The summed E-state index contributed by atoms with van der Waals surface area (Å²) in [5.74, 6) is 0.146. The van der Waals surface area contributed by atoms with Crippen LogP contribution in [0.4, 0.5) is 16.0 Å². The Labute approximate surface area is 220 Å². The fraction of sp³-hybridized carbons (Fsp3) is 0.214. The van der Waals surface area contributed by atoms with Gasteiger partial charge in [-0.1, -0.05) is 12.1 Å². The molecular formula is C28H27BFN7O. The van der Waals surface area contributed by atoms with Gasteiger partial charge in [-0.15, -0.1) is 0 Å². The van der Waals surface area contributed by atoms with E-state index in [9.17, 15) is 9.18 Å². The van der Waals surface area contributed by atoms with Gasteiger partial charge in [0.25, 0.3) is 5.91 Å². The maximum Gasteiger partial charge on any atom is 0.253 e. The molecule has 8 nitrogen and oxygen atoms in total. The van der Waals surface area contributed by atoms with Crippen molar-refractivity contribution in [2.45, 2.75) is 19.0 Å². The van der Waals surface area contributed by atoms with E-state index in [4.69, 9.17) is 9.98 Å². The molecule has 1 amide bonds. The molecule has 1 fully saturated rings. The Kier molecular flexibility index (Phi) is 6.25. The van der Waals surface area contributed by atoms with Crippen molar-refractivity contribution in [1.29, 1.82) is 0 Å². The fourth-order valence-electron chi connectivity index (χ4n) is 5.08. The molecule has 1 saturated heterocycles. The van der Waals surface area contributed by atoms with E-state index in [1.165, 1.54) is 6.07 Å². The van der Waals surface area contributed by atoms with Gasteiger partial charge in [0.2, 0.25) is 5.95 Å². The van der Waals surface area contributed by atoms with Crippen LogP contribution in [-0.2, 0) is 6.54 Å². The van der Waals surface area contributed by atoms with Gasteiger partial charge in [0.15, 0.2) is 7.85 Å². The lowest BCUT2D eigenvalue weighted by Gasteiger charge is -2.16. The van der Waals surface area contributed by atoms with Gasteiger partial charge in [-0.2, -0.15) is 0 Å². The van der Waals surface area contributed by atoms with Crippen molar-refractivity contribution in [3.63, 3.8) is 0 Å². The molecule has 1 atom stereocenters. The molecule has 6 rings (SSSR count). The van der Waals surface area contributed by atoms with Crippen LogP contribution in [0.25, 0.3) is 11.3 Å². The van der Waals surface area contributed by atoms with E-state index in [1.54, 1.807) is 24.4 Å². The number of fused-ring (bicyclic) bond motifs is 3. The third-order valence-electron chi connectivity index (χ3n) is 7.12. The van der Waals surface area contributed by atoms with Gasteiger partial charge < -0.3 is 20.5 Å². The average Bonchev–Trinajstić information content (AvgIpc) is 3.54. The van der Waals surface area contributed by atoms with Gasteiger partial charge >= 0.3 is 0 Å². The van der Waals surface area contributed by atoms with Gasteiger partial charge in [0, 0.05) is 53.3 Å². The highest BCUT2D eigenvalue weighted by molar-refractivity contribution is 6.32. The van der Waals surface area contributed by atoms with Gasteiger partial charge in [0.1, 0.15) is 5.82 Å². The number of likely N-dealkylation sites (tertiary alicyclic amines) is 1. The quantitative estimate of drug-likeness (QED) is 0.361. The minimum atomic E-state index is -0.322. The molecular weight excluding hydrogens is 480 g/mol. The molecule has 2 aliphatic rings. The first-order valence-corrected chi connectivity index (χ1v) is 12.7. The van der Waals surface area contributed by atoms with Crippen molar-refractivity contribution in [3.8, 4) is 11.3 Å². The Morgan fingerprint density at radius 3 is 2.74 bits per heavy atom. The van der Waals surface area contributed by atoms with Crippen LogP contribution in [0.15, 0.2) is 65.8 Å². The molecule has 0 saturated carbocycles. The highest BCUT2D eigenvalue weighted by atomic mass is 19.1. The van der Waals surface area contributed by atoms with Crippen LogP contribution in [0.5, 0.6) is 0 Å². The number of H-pyrrole nitrogens is 1. The standard InChI is InChI=1S/C28H27BFN7O/c1-31-19-10-11-37(15-19)27(38)16-6-8-18(9-7-16)34-28-33-14-17-13-32-25(20-4-2-3-5-22(20)30)26-21(24(17)36-28)12-23(29)35-26/h2-9,12,14,19,31,35H,10-11,13,15,29H2,1H3,(H,33,34,36). The summed E-state index contributed by atoms with van der Waals surface area (Å²) in [5.41, 5.74) is 6.57. The molecule has 0 bridgehead atoms. The lowest BCUT2D eigenvalue weighted by atomic mass is 10.0. The van der Waals surface area contributed by atoms with Gasteiger partial charge in [-0.25, -0.2) is 14.4 Å². The van der Waals surface area contributed by atoms with E-state index >= 15 is 0 Å². The predicted octanol–water partition coefficient (Wildman–Crippen LogP) is 2.40. The highest BCUT2D eigenvalue weighted by Gasteiger charge is 2.26. The second kappa shape index (κ2) is 9.87. The van der Waals surface area contributed by atoms with Crippen molar-refractivity contribution in [2.75, 3.05) is 25.5 Å². The van der Waals surface area contributed by atoms with Crippen molar-refractivity contribution in [1.82, 2.24) is 25.2 Å². The third-order valence-corrected chi connectivity index (χ3v) is 7.12. The molecule has 2 aromatic heterocycles. The largest absolute Gasteiger partial charge is 0.366 e. The van der Waals surface area contributed by atoms with Crippen LogP contribution in [0, 0.1) is 5.82 Å². The molecule has 0 radical (unpaired) electrons. The Balaban J connectivity index is 1.26. The molecule has 2 aromatic carbocycles. The van der Waals surface area contributed by atoms with E-state index in [-0.39, 0.29) is 11.7 Å². The summed E-state index contributed by atoms with van der Waals surface area (Å²) < 4.78 is 14.7. The SMILES string of the molecule is Bc1cc2c([nH]1)C(c1ccccc1F)=NCc1cnc(Nc3ccc(C(=O)N4CCC(NC)C4)cc3)nc1-2. The number of carbonyl (C=O) groups is 1. The van der Waals surface area contributed by atoms with Crippen LogP contribution < -0.4 is 16.2 Å². The van der Waals surface area contributed by atoms with Gasteiger partial charge in [0.05, 0.1) is 23.6 Å². The summed E-state index contributed by atoms with van der Waals surface area (Å²) in [6.45, 7) is 1.82. The number of hydrogen-bond acceptors (Lipinski definition) is 6.